The maximum Gasteiger partial charge on any atom is 0.241 e. The summed E-state index contributed by atoms with van der Waals surface area (Å²) < 4.78 is 27.6. The van der Waals surface area contributed by atoms with Crippen molar-refractivity contribution in [2.45, 2.75) is 32.2 Å². The lowest BCUT2D eigenvalue weighted by Crippen LogP contribution is -2.25. The van der Waals surface area contributed by atoms with Gasteiger partial charge in [-0.3, -0.25) is 0 Å². The maximum absolute atomic E-state index is 12.5. The number of sulfonamides is 1. The van der Waals surface area contributed by atoms with Crippen molar-refractivity contribution in [3.63, 3.8) is 0 Å². The first-order chi connectivity index (χ1) is 9.79. The fraction of sp³-hybridized carbons (Fsp3) is 0.250. The highest BCUT2D eigenvalue weighted by Crippen LogP contribution is 2.21. The minimum absolute atomic E-state index is 0.222. The van der Waals surface area contributed by atoms with Crippen molar-refractivity contribution in [2.24, 2.45) is 0 Å². The molecule has 3 N–H and O–H groups in total. The van der Waals surface area contributed by atoms with Crippen LogP contribution >= 0.6 is 0 Å². The number of nitrogens with two attached hydrogens (primary N) is 1. The summed E-state index contributed by atoms with van der Waals surface area (Å²) in [6.07, 6.45) is 0. The van der Waals surface area contributed by atoms with Gasteiger partial charge in [-0.1, -0.05) is 29.8 Å². The van der Waals surface area contributed by atoms with E-state index in [-0.39, 0.29) is 6.54 Å². The molecular formula is C16H20N2O2S. The van der Waals surface area contributed by atoms with Crippen LogP contribution in [0.4, 0.5) is 5.69 Å². The quantitative estimate of drug-likeness (QED) is 0.853. The molecule has 0 amide bonds. The number of hydrogen-bond acceptors (Lipinski definition) is 3. The van der Waals surface area contributed by atoms with E-state index in [0.29, 0.717) is 10.6 Å². The highest BCUT2D eigenvalue weighted by atomic mass is 32.2. The van der Waals surface area contributed by atoms with E-state index >= 15 is 0 Å². The van der Waals surface area contributed by atoms with Crippen LogP contribution in [0, 0.1) is 20.8 Å². The van der Waals surface area contributed by atoms with Gasteiger partial charge in [0.25, 0.3) is 0 Å². The van der Waals surface area contributed by atoms with Crippen LogP contribution in [0.2, 0.25) is 0 Å². The van der Waals surface area contributed by atoms with Crippen LogP contribution in [-0.2, 0) is 16.6 Å². The molecule has 2 aromatic carbocycles. The topological polar surface area (TPSA) is 72.2 Å². The lowest BCUT2D eigenvalue weighted by molar-refractivity contribution is 0.580. The van der Waals surface area contributed by atoms with Gasteiger partial charge in [-0.2, -0.15) is 0 Å². The standard InChI is InChI=1S/C16H20N2O2S/c1-11-7-12(2)16(13(3)8-11)21(19,20)18-10-14-5-4-6-15(17)9-14/h4-9,18H,10,17H2,1-3H3. The van der Waals surface area contributed by atoms with Crippen LogP contribution in [0.15, 0.2) is 41.3 Å². The van der Waals surface area contributed by atoms with Gasteiger partial charge in [0.1, 0.15) is 0 Å². The molecule has 0 saturated carbocycles. The molecule has 0 fully saturated rings. The van der Waals surface area contributed by atoms with Crippen LogP contribution in [0.5, 0.6) is 0 Å². The molecule has 0 heterocycles. The Kier molecular flexibility index (Phi) is 4.34. The third-order valence-corrected chi connectivity index (χ3v) is 5.00. The summed E-state index contributed by atoms with van der Waals surface area (Å²) in [6, 6.07) is 10.9. The number of benzene rings is 2. The lowest BCUT2D eigenvalue weighted by atomic mass is 10.1. The molecule has 0 aromatic heterocycles. The van der Waals surface area contributed by atoms with Crippen molar-refractivity contribution in [3.8, 4) is 0 Å². The molecule has 0 bridgehead atoms. The molecular weight excluding hydrogens is 284 g/mol. The van der Waals surface area contributed by atoms with Crippen LogP contribution in [0.25, 0.3) is 0 Å². The molecule has 0 saturated heterocycles. The Hall–Kier alpha value is -1.85. The SMILES string of the molecule is Cc1cc(C)c(S(=O)(=O)NCc2cccc(N)c2)c(C)c1. The Morgan fingerprint density at radius 2 is 1.67 bits per heavy atom. The second-order valence-electron chi connectivity index (χ2n) is 5.30. The molecule has 0 unspecified atom stereocenters. The third kappa shape index (κ3) is 3.62. The minimum Gasteiger partial charge on any atom is -0.399 e. The molecule has 0 radical (unpaired) electrons. The van der Waals surface area contributed by atoms with Gasteiger partial charge in [0.05, 0.1) is 4.90 Å². The average molecular weight is 304 g/mol. The van der Waals surface area contributed by atoms with E-state index in [1.54, 1.807) is 18.2 Å². The summed E-state index contributed by atoms with van der Waals surface area (Å²) in [4.78, 5) is 0.358. The first-order valence-electron chi connectivity index (χ1n) is 6.71. The van der Waals surface area contributed by atoms with Crippen LogP contribution in [0.1, 0.15) is 22.3 Å². The van der Waals surface area contributed by atoms with Gasteiger partial charge in [-0.05, 0) is 49.6 Å². The van der Waals surface area contributed by atoms with Crippen molar-refractivity contribution in [3.05, 3.63) is 58.7 Å². The van der Waals surface area contributed by atoms with Gasteiger partial charge in [0.15, 0.2) is 0 Å². The molecule has 2 aromatic rings. The van der Waals surface area contributed by atoms with Gasteiger partial charge in [-0.15, -0.1) is 0 Å². The summed E-state index contributed by atoms with van der Waals surface area (Å²) in [5, 5.41) is 0. The first kappa shape index (κ1) is 15.5. The van der Waals surface area contributed by atoms with Gasteiger partial charge >= 0.3 is 0 Å². The van der Waals surface area contributed by atoms with E-state index in [2.05, 4.69) is 4.72 Å². The summed E-state index contributed by atoms with van der Waals surface area (Å²) in [6.45, 7) is 5.81. The smallest absolute Gasteiger partial charge is 0.241 e. The van der Waals surface area contributed by atoms with Crippen LogP contribution in [0.3, 0.4) is 0 Å². The zero-order valence-corrected chi connectivity index (χ0v) is 13.3. The van der Waals surface area contributed by atoms with Crippen molar-refractivity contribution >= 4 is 15.7 Å². The Labute approximate surface area is 126 Å². The summed E-state index contributed by atoms with van der Waals surface area (Å²) in [5.74, 6) is 0. The summed E-state index contributed by atoms with van der Waals surface area (Å²) >= 11 is 0. The van der Waals surface area contributed by atoms with Crippen LogP contribution in [-0.4, -0.2) is 8.42 Å². The number of nitrogen functional groups attached to an aromatic ring is 1. The molecule has 112 valence electrons. The monoisotopic (exact) mass is 304 g/mol. The molecule has 21 heavy (non-hydrogen) atoms. The van der Waals surface area contributed by atoms with E-state index in [1.165, 1.54) is 0 Å². The van der Waals surface area contributed by atoms with E-state index in [1.807, 2.05) is 39.0 Å². The Balaban J connectivity index is 2.27. The maximum atomic E-state index is 12.5. The summed E-state index contributed by atoms with van der Waals surface area (Å²) in [7, 11) is -3.54. The normalized spacial score (nSPS) is 11.6. The van der Waals surface area contributed by atoms with Crippen molar-refractivity contribution in [1.82, 2.24) is 4.72 Å². The number of rotatable bonds is 4. The number of aryl methyl sites for hydroxylation is 3. The Morgan fingerprint density at radius 1 is 1.05 bits per heavy atom. The molecule has 0 spiro atoms. The highest BCUT2D eigenvalue weighted by Gasteiger charge is 2.19. The number of hydrogen-bond donors (Lipinski definition) is 2. The van der Waals surface area contributed by atoms with E-state index in [4.69, 9.17) is 5.73 Å². The fourth-order valence-corrected chi connectivity index (χ4v) is 4.01. The largest absolute Gasteiger partial charge is 0.399 e. The predicted molar refractivity (Wildman–Crippen MR) is 85.5 cm³/mol. The van der Waals surface area contributed by atoms with Crippen LogP contribution < -0.4 is 10.5 Å². The average Bonchev–Trinajstić information content (AvgIpc) is 2.35. The molecule has 4 nitrogen and oxygen atoms in total. The summed E-state index contributed by atoms with van der Waals surface area (Å²) in [5.41, 5.74) is 9.72. The second kappa shape index (κ2) is 5.87. The number of anilines is 1. The molecule has 0 aliphatic rings. The minimum atomic E-state index is -3.54. The number of nitrogens with one attached hydrogen (secondary N) is 1. The second-order valence-corrected chi connectivity index (χ2v) is 7.00. The highest BCUT2D eigenvalue weighted by molar-refractivity contribution is 7.89. The fourth-order valence-electron chi connectivity index (χ4n) is 2.54. The van der Waals surface area contributed by atoms with E-state index < -0.39 is 10.0 Å². The van der Waals surface area contributed by atoms with Gasteiger partial charge in [-0.25, -0.2) is 13.1 Å². The zero-order valence-electron chi connectivity index (χ0n) is 12.5. The Morgan fingerprint density at radius 3 is 2.24 bits per heavy atom. The first-order valence-corrected chi connectivity index (χ1v) is 8.20. The van der Waals surface area contributed by atoms with Gasteiger partial charge in [0, 0.05) is 12.2 Å². The third-order valence-electron chi connectivity index (χ3n) is 3.29. The van der Waals surface area contributed by atoms with Crippen molar-refractivity contribution in [2.75, 3.05) is 5.73 Å². The molecule has 5 heteroatoms. The van der Waals surface area contributed by atoms with E-state index in [9.17, 15) is 8.42 Å². The lowest BCUT2D eigenvalue weighted by Gasteiger charge is -2.13. The molecule has 0 aliphatic carbocycles. The Bertz CT molecular complexity index is 745. The molecule has 0 atom stereocenters. The van der Waals surface area contributed by atoms with Crippen molar-refractivity contribution < 1.29 is 8.42 Å². The van der Waals surface area contributed by atoms with Gasteiger partial charge in [0.2, 0.25) is 10.0 Å². The molecule has 2 rings (SSSR count). The van der Waals surface area contributed by atoms with E-state index in [0.717, 1.165) is 22.3 Å². The van der Waals surface area contributed by atoms with Crippen molar-refractivity contribution in [1.29, 1.82) is 0 Å². The molecule has 0 aliphatic heterocycles. The van der Waals surface area contributed by atoms with Gasteiger partial charge < -0.3 is 5.73 Å². The zero-order chi connectivity index (χ0) is 15.6. The predicted octanol–water partition coefficient (Wildman–Crippen LogP) is 2.67.